The Morgan fingerprint density at radius 3 is 1.97 bits per heavy atom. The standard InChI is InChI=1S/C27H25ClO5/c1-2-3-4-5-6-15-33-17-9-7-16(8-10-17)18-11-12-19-22(24(18)29)25(30)20-13-14-21(28)27(32)23(20)26(19)31/h7-14,29,32H,2-6,15H2,1H3. The molecular formula is C27H25ClO5. The molecule has 4 rings (SSSR count). The van der Waals surface area contributed by atoms with E-state index < -0.39 is 17.3 Å². The van der Waals surface area contributed by atoms with Gasteiger partial charge >= 0.3 is 0 Å². The number of rotatable bonds is 8. The van der Waals surface area contributed by atoms with Crippen molar-refractivity contribution in [3.63, 3.8) is 0 Å². The molecule has 2 N–H and O–H groups in total. The lowest BCUT2D eigenvalue weighted by Crippen LogP contribution is -2.21. The second kappa shape index (κ2) is 9.67. The SMILES string of the molecule is CCCCCCCOc1ccc(-c2ccc3c(c2O)C(=O)c2ccc(Cl)c(O)c2C3=O)cc1. The van der Waals surface area contributed by atoms with Crippen LogP contribution in [0.15, 0.2) is 48.5 Å². The highest BCUT2D eigenvalue weighted by molar-refractivity contribution is 6.36. The van der Waals surface area contributed by atoms with Crippen LogP contribution in [-0.4, -0.2) is 28.4 Å². The van der Waals surface area contributed by atoms with Crippen LogP contribution in [0.4, 0.5) is 0 Å². The molecule has 0 radical (unpaired) electrons. The quantitative estimate of drug-likeness (QED) is 0.289. The van der Waals surface area contributed by atoms with Gasteiger partial charge < -0.3 is 14.9 Å². The summed E-state index contributed by atoms with van der Waals surface area (Å²) in [5, 5.41) is 21.2. The van der Waals surface area contributed by atoms with Crippen LogP contribution >= 0.6 is 11.6 Å². The molecule has 3 aromatic rings. The summed E-state index contributed by atoms with van der Waals surface area (Å²) in [6.07, 6.45) is 5.82. The smallest absolute Gasteiger partial charge is 0.198 e. The number of halogens is 1. The molecule has 0 bridgehead atoms. The number of phenols is 2. The molecule has 0 fully saturated rings. The minimum Gasteiger partial charge on any atom is -0.507 e. The molecule has 6 heteroatoms. The molecule has 0 spiro atoms. The summed E-state index contributed by atoms with van der Waals surface area (Å²) in [6.45, 7) is 2.84. The highest BCUT2D eigenvalue weighted by Gasteiger charge is 2.35. The summed E-state index contributed by atoms with van der Waals surface area (Å²) in [5.41, 5.74) is 0.972. The first-order valence-corrected chi connectivity index (χ1v) is 11.5. The van der Waals surface area contributed by atoms with E-state index in [2.05, 4.69) is 6.92 Å². The maximum absolute atomic E-state index is 13.1. The van der Waals surface area contributed by atoms with Gasteiger partial charge in [-0.15, -0.1) is 0 Å². The van der Waals surface area contributed by atoms with E-state index in [0.29, 0.717) is 17.7 Å². The molecular weight excluding hydrogens is 440 g/mol. The van der Waals surface area contributed by atoms with Crippen LogP contribution in [0.1, 0.15) is 70.9 Å². The molecule has 0 amide bonds. The van der Waals surface area contributed by atoms with Gasteiger partial charge in [0.2, 0.25) is 0 Å². The highest BCUT2D eigenvalue weighted by Crippen LogP contribution is 2.42. The number of unbranched alkanes of at least 4 members (excludes halogenated alkanes) is 4. The Morgan fingerprint density at radius 2 is 1.30 bits per heavy atom. The van der Waals surface area contributed by atoms with Crippen LogP contribution in [0.2, 0.25) is 5.02 Å². The van der Waals surface area contributed by atoms with Gasteiger partial charge in [0.05, 0.1) is 22.8 Å². The zero-order valence-corrected chi connectivity index (χ0v) is 19.1. The Bertz CT molecular complexity index is 1210. The average molecular weight is 465 g/mol. The second-order valence-electron chi connectivity index (χ2n) is 8.15. The minimum absolute atomic E-state index is 0.0116. The molecule has 0 heterocycles. The van der Waals surface area contributed by atoms with Crippen molar-refractivity contribution < 1.29 is 24.5 Å². The van der Waals surface area contributed by atoms with Crippen molar-refractivity contribution in [1.29, 1.82) is 0 Å². The maximum Gasteiger partial charge on any atom is 0.198 e. The highest BCUT2D eigenvalue weighted by atomic mass is 35.5. The summed E-state index contributed by atoms with van der Waals surface area (Å²) in [4.78, 5) is 26.1. The Balaban J connectivity index is 1.57. The van der Waals surface area contributed by atoms with Crippen LogP contribution in [0.3, 0.4) is 0 Å². The third-order valence-electron chi connectivity index (χ3n) is 5.93. The number of aromatic hydroxyl groups is 2. The zero-order valence-electron chi connectivity index (χ0n) is 18.4. The van der Waals surface area contributed by atoms with Crippen molar-refractivity contribution in [3.8, 4) is 28.4 Å². The van der Waals surface area contributed by atoms with E-state index in [1.54, 1.807) is 6.07 Å². The number of ketones is 2. The number of carbonyl (C=O) groups is 2. The first-order valence-electron chi connectivity index (χ1n) is 11.1. The lowest BCUT2D eigenvalue weighted by atomic mass is 9.81. The van der Waals surface area contributed by atoms with E-state index in [4.69, 9.17) is 16.3 Å². The summed E-state index contributed by atoms with van der Waals surface area (Å²) in [6, 6.07) is 13.1. The van der Waals surface area contributed by atoms with E-state index in [0.717, 1.165) is 18.6 Å². The van der Waals surface area contributed by atoms with Crippen LogP contribution in [0.5, 0.6) is 17.2 Å². The fourth-order valence-corrected chi connectivity index (χ4v) is 4.28. The minimum atomic E-state index is -0.552. The van der Waals surface area contributed by atoms with Gasteiger partial charge in [0.1, 0.15) is 17.2 Å². The molecule has 1 aliphatic rings. The van der Waals surface area contributed by atoms with Gasteiger partial charge in [0.15, 0.2) is 11.6 Å². The Morgan fingerprint density at radius 1 is 0.727 bits per heavy atom. The Labute approximate surface area is 197 Å². The predicted octanol–water partition coefficient (Wildman–Crippen LogP) is 6.54. The van der Waals surface area contributed by atoms with E-state index in [1.807, 2.05) is 24.3 Å². The normalized spacial score (nSPS) is 12.4. The van der Waals surface area contributed by atoms with Gasteiger partial charge in [-0.25, -0.2) is 0 Å². The maximum atomic E-state index is 13.1. The third-order valence-corrected chi connectivity index (χ3v) is 6.24. The first-order chi connectivity index (χ1) is 15.9. The topological polar surface area (TPSA) is 83.8 Å². The van der Waals surface area contributed by atoms with Crippen LogP contribution < -0.4 is 4.74 Å². The lowest BCUT2D eigenvalue weighted by molar-refractivity contribution is 0.0974. The van der Waals surface area contributed by atoms with Crippen molar-refractivity contribution in [2.75, 3.05) is 6.61 Å². The molecule has 170 valence electrons. The number of ether oxygens (including phenoxy) is 1. The summed E-state index contributed by atoms with van der Waals surface area (Å²) in [7, 11) is 0. The van der Waals surface area contributed by atoms with E-state index in [9.17, 15) is 19.8 Å². The fraction of sp³-hybridized carbons (Fsp3) is 0.259. The van der Waals surface area contributed by atoms with E-state index in [1.165, 1.54) is 37.5 Å². The molecule has 0 saturated heterocycles. The molecule has 0 aromatic heterocycles. The average Bonchev–Trinajstić information content (AvgIpc) is 2.82. The number of benzene rings is 3. The van der Waals surface area contributed by atoms with Gasteiger partial charge in [-0.05, 0) is 48.4 Å². The predicted molar refractivity (Wildman–Crippen MR) is 128 cm³/mol. The Kier molecular flexibility index (Phi) is 6.70. The molecule has 0 saturated carbocycles. The van der Waals surface area contributed by atoms with Gasteiger partial charge in [-0.1, -0.05) is 56.3 Å². The molecule has 3 aromatic carbocycles. The van der Waals surface area contributed by atoms with Gasteiger partial charge in [-0.2, -0.15) is 0 Å². The van der Waals surface area contributed by atoms with Gasteiger partial charge in [0.25, 0.3) is 0 Å². The number of carbonyl (C=O) groups excluding carboxylic acids is 2. The Hall–Kier alpha value is -3.31. The molecule has 0 aliphatic heterocycles. The number of phenolic OH excluding ortho intramolecular Hbond substituents is 2. The summed E-state index contributed by atoms with van der Waals surface area (Å²) < 4.78 is 5.79. The monoisotopic (exact) mass is 464 g/mol. The van der Waals surface area contributed by atoms with Crippen molar-refractivity contribution in [2.45, 2.75) is 39.0 Å². The van der Waals surface area contributed by atoms with E-state index >= 15 is 0 Å². The number of hydrogen-bond donors (Lipinski definition) is 2. The molecule has 5 nitrogen and oxygen atoms in total. The molecule has 1 aliphatic carbocycles. The van der Waals surface area contributed by atoms with Crippen molar-refractivity contribution >= 4 is 23.2 Å². The first kappa shape index (κ1) is 22.9. The van der Waals surface area contributed by atoms with Gasteiger partial charge in [-0.3, -0.25) is 9.59 Å². The summed E-state index contributed by atoms with van der Waals surface area (Å²) in [5.74, 6) is -1.05. The van der Waals surface area contributed by atoms with Crippen molar-refractivity contribution in [3.05, 3.63) is 75.8 Å². The van der Waals surface area contributed by atoms with E-state index in [-0.39, 0.29) is 33.0 Å². The van der Waals surface area contributed by atoms with Crippen LogP contribution in [0.25, 0.3) is 11.1 Å². The molecule has 0 unspecified atom stereocenters. The lowest BCUT2D eigenvalue weighted by Gasteiger charge is -2.21. The number of hydrogen-bond acceptors (Lipinski definition) is 5. The van der Waals surface area contributed by atoms with Crippen molar-refractivity contribution in [2.24, 2.45) is 0 Å². The largest absolute Gasteiger partial charge is 0.507 e. The van der Waals surface area contributed by atoms with Crippen molar-refractivity contribution in [1.82, 2.24) is 0 Å². The second-order valence-corrected chi connectivity index (χ2v) is 8.56. The zero-order chi connectivity index (χ0) is 23.5. The fourth-order valence-electron chi connectivity index (χ4n) is 4.12. The van der Waals surface area contributed by atoms with Crippen LogP contribution in [-0.2, 0) is 0 Å². The molecule has 0 atom stereocenters. The summed E-state index contributed by atoms with van der Waals surface area (Å²) >= 11 is 5.92. The van der Waals surface area contributed by atoms with Crippen LogP contribution in [0, 0.1) is 0 Å². The molecule has 33 heavy (non-hydrogen) atoms. The third kappa shape index (κ3) is 4.33. The number of fused-ring (bicyclic) bond motifs is 2. The van der Waals surface area contributed by atoms with Gasteiger partial charge in [0, 0.05) is 16.7 Å².